The number of para-hydroxylation sites is 1. The Bertz CT molecular complexity index is 3200. The SMILES string of the molecule is Cc1cc(C(C)(C)C)cc(-c2nc3c(-c4[c-]c(-c5cc(-c6ccc(C(C)(C)C)cc6)ccn5)cc(-c5ccccc5)c4)cccc3n2-c2ccc(C(C)(C)C)cc2-c2ccccc2)c1O.[Pt]. The van der Waals surface area contributed by atoms with Gasteiger partial charge in [0.1, 0.15) is 11.6 Å². The molecule has 4 nitrogen and oxygen atoms in total. The smallest absolute Gasteiger partial charge is 0.148 e. The fraction of sp³-hybridized carbons (Fsp3) is 0.213. The Morgan fingerprint density at radius 1 is 0.485 bits per heavy atom. The van der Waals surface area contributed by atoms with Crippen molar-refractivity contribution in [3.63, 3.8) is 0 Å². The van der Waals surface area contributed by atoms with Crippen LogP contribution in [0.5, 0.6) is 5.75 Å². The Morgan fingerprint density at radius 2 is 1.08 bits per heavy atom. The zero-order chi connectivity index (χ0) is 45.8. The van der Waals surface area contributed by atoms with Crippen molar-refractivity contribution in [3.8, 4) is 78.6 Å². The molecule has 66 heavy (non-hydrogen) atoms. The molecular weight excluding hydrogens is 986 g/mol. The van der Waals surface area contributed by atoms with Gasteiger partial charge in [0.05, 0.1) is 22.3 Å². The van der Waals surface area contributed by atoms with Crippen LogP contribution in [-0.4, -0.2) is 19.6 Å². The quantitative estimate of drug-likeness (QED) is 0.162. The summed E-state index contributed by atoms with van der Waals surface area (Å²) < 4.78 is 2.26. The first-order chi connectivity index (χ1) is 30.9. The van der Waals surface area contributed by atoms with Gasteiger partial charge in [-0.2, -0.15) is 0 Å². The van der Waals surface area contributed by atoms with Crippen molar-refractivity contribution in [3.05, 3.63) is 192 Å². The molecule has 2 heterocycles. The Labute approximate surface area is 405 Å². The molecule has 334 valence electrons. The molecule has 7 aromatic carbocycles. The third-order valence-corrected chi connectivity index (χ3v) is 12.7. The van der Waals surface area contributed by atoms with E-state index in [1.54, 1.807) is 0 Å². The van der Waals surface area contributed by atoms with Crippen LogP contribution in [-0.2, 0) is 37.3 Å². The number of pyridine rings is 1. The molecule has 9 aromatic rings. The number of aryl methyl sites for hydroxylation is 1. The molecule has 0 radical (unpaired) electrons. The summed E-state index contributed by atoms with van der Waals surface area (Å²) in [5, 5.41) is 12.1. The van der Waals surface area contributed by atoms with Crippen LogP contribution in [0.4, 0.5) is 0 Å². The Balaban J connectivity index is 0.00000592. The van der Waals surface area contributed by atoms with E-state index in [9.17, 15) is 5.11 Å². The largest absolute Gasteiger partial charge is 0.507 e. The van der Waals surface area contributed by atoms with Crippen LogP contribution in [0, 0.1) is 13.0 Å². The van der Waals surface area contributed by atoms with E-state index in [4.69, 9.17) is 9.97 Å². The summed E-state index contributed by atoms with van der Waals surface area (Å²) in [4.78, 5) is 10.6. The van der Waals surface area contributed by atoms with Gasteiger partial charge in [0.25, 0.3) is 0 Å². The van der Waals surface area contributed by atoms with E-state index in [2.05, 4.69) is 231 Å². The van der Waals surface area contributed by atoms with Crippen LogP contribution in [0.2, 0.25) is 0 Å². The molecule has 0 saturated heterocycles. The van der Waals surface area contributed by atoms with Crippen LogP contribution in [0.1, 0.15) is 84.6 Å². The maximum absolute atomic E-state index is 12.1. The van der Waals surface area contributed by atoms with Crippen LogP contribution in [0.15, 0.2) is 164 Å². The standard InChI is InChI=1S/C61H58N3O.Pt/c1-39-32-49(61(8,9)10)38-52(57(39)65)58-63-56-50(22-17-23-55(56)64(58)54-29-28-48(60(5,6)7)37-51(54)42-20-15-12-16-21-42)45-33-44(40-18-13-11-14-19-40)34-46(35-45)53-36-43(30-31-62-53)41-24-26-47(27-25-41)59(2,3)4;/h11-34,36-38,65H,1-10H3;/q-1;. The van der Waals surface area contributed by atoms with E-state index in [0.29, 0.717) is 11.4 Å². The fourth-order valence-corrected chi connectivity index (χ4v) is 8.74. The van der Waals surface area contributed by atoms with Gasteiger partial charge in [0, 0.05) is 38.5 Å². The summed E-state index contributed by atoms with van der Waals surface area (Å²) in [6, 6.07) is 59.9. The summed E-state index contributed by atoms with van der Waals surface area (Å²) in [6.45, 7) is 22.1. The summed E-state index contributed by atoms with van der Waals surface area (Å²) in [6.07, 6.45) is 1.90. The number of imidazole rings is 1. The summed E-state index contributed by atoms with van der Waals surface area (Å²) in [7, 11) is 0. The van der Waals surface area contributed by atoms with E-state index in [1.807, 2.05) is 13.1 Å². The molecule has 0 amide bonds. The zero-order valence-corrected chi connectivity index (χ0v) is 42.0. The molecule has 0 atom stereocenters. The van der Waals surface area contributed by atoms with Crippen LogP contribution < -0.4 is 0 Å². The maximum atomic E-state index is 12.1. The molecule has 0 saturated carbocycles. The third-order valence-electron chi connectivity index (χ3n) is 12.7. The van der Waals surface area contributed by atoms with Crippen molar-refractivity contribution >= 4 is 11.0 Å². The Hall–Kier alpha value is -6.35. The molecule has 0 spiro atoms. The molecule has 9 rings (SSSR count). The Kier molecular flexibility index (Phi) is 12.5. The molecule has 0 aliphatic rings. The van der Waals surface area contributed by atoms with Gasteiger partial charge in [-0.15, -0.1) is 23.8 Å². The van der Waals surface area contributed by atoms with Gasteiger partial charge in [-0.25, -0.2) is 4.98 Å². The van der Waals surface area contributed by atoms with Crippen molar-refractivity contribution < 1.29 is 26.2 Å². The number of hydrogen-bond donors (Lipinski definition) is 1. The summed E-state index contributed by atoms with van der Waals surface area (Å²) in [5.74, 6) is 0.897. The van der Waals surface area contributed by atoms with E-state index in [1.165, 1.54) is 11.1 Å². The second kappa shape index (κ2) is 17.8. The van der Waals surface area contributed by atoms with E-state index in [0.717, 1.165) is 83.6 Å². The normalized spacial score (nSPS) is 12.0. The topological polar surface area (TPSA) is 50.9 Å². The molecular formula is C61H58N3OPt-. The molecule has 0 fully saturated rings. The number of hydrogen-bond acceptors (Lipinski definition) is 3. The summed E-state index contributed by atoms with van der Waals surface area (Å²) in [5.41, 5.74) is 17.9. The first-order valence-corrected chi connectivity index (χ1v) is 22.7. The number of fused-ring (bicyclic) bond motifs is 1. The van der Waals surface area contributed by atoms with E-state index >= 15 is 0 Å². The van der Waals surface area contributed by atoms with Gasteiger partial charge in [0.2, 0.25) is 0 Å². The van der Waals surface area contributed by atoms with Crippen molar-refractivity contribution in [1.29, 1.82) is 0 Å². The zero-order valence-electron chi connectivity index (χ0n) is 39.7. The minimum absolute atomic E-state index is 0. The number of benzene rings is 7. The van der Waals surface area contributed by atoms with Gasteiger partial charge >= 0.3 is 0 Å². The van der Waals surface area contributed by atoms with Crippen molar-refractivity contribution in [1.82, 2.24) is 14.5 Å². The molecule has 1 N–H and O–H groups in total. The van der Waals surface area contributed by atoms with E-state index < -0.39 is 0 Å². The van der Waals surface area contributed by atoms with Crippen LogP contribution >= 0.6 is 0 Å². The number of phenols is 1. The second-order valence-corrected chi connectivity index (χ2v) is 20.6. The number of aromatic nitrogens is 3. The minimum atomic E-state index is -0.163. The van der Waals surface area contributed by atoms with Gasteiger partial charge in [-0.05, 0) is 98.0 Å². The monoisotopic (exact) mass is 1040 g/mol. The summed E-state index contributed by atoms with van der Waals surface area (Å²) >= 11 is 0. The van der Waals surface area contributed by atoms with Crippen molar-refractivity contribution in [2.75, 3.05) is 0 Å². The molecule has 0 unspecified atom stereocenters. The Morgan fingerprint density at radius 3 is 1.73 bits per heavy atom. The fourth-order valence-electron chi connectivity index (χ4n) is 8.74. The number of aromatic hydroxyl groups is 1. The first-order valence-electron chi connectivity index (χ1n) is 22.7. The van der Waals surface area contributed by atoms with Gasteiger partial charge in [-0.3, -0.25) is 9.55 Å². The first kappa shape index (κ1) is 46.2. The molecule has 0 aliphatic carbocycles. The minimum Gasteiger partial charge on any atom is -0.507 e. The molecule has 2 aromatic heterocycles. The van der Waals surface area contributed by atoms with Gasteiger partial charge < -0.3 is 5.11 Å². The van der Waals surface area contributed by atoms with Gasteiger partial charge in [-0.1, -0.05) is 194 Å². The van der Waals surface area contributed by atoms with Crippen molar-refractivity contribution in [2.45, 2.75) is 85.5 Å². The average molecular weight is 1040 g/mol. The molecule has 0 aliphatic heterocycles. The number of nitrogens with zero attached hydrogens (tertiary/aromatic N) is 3. The third kappa shape index (κ3) is 9.09. The number of rotatable bonds is 7. The average Bonchev–Trinajstić information content (AvgIpc) is 3.68. The second-order valence-electron chi connectivity index (χ2n) is 20.6. The van der Waals surface area contributed by atoms with E-state index in [-0.39, 0.29) is 43.1 Å². The number of phenolic OH excluding ortho intramolecular Hbond substituents is 1. The van der Waals surface area contributed by atoms with Gasteiger partial charge in [0.15, 0.2) is 0 Å². The van der Waals surface area contributed by atoms with Crippen LogP contribution in [0.3, 0.4) is 0 Å². The van der Waals surface area contributed by atoms with Crippen LogP contribution in [0.25, 0.3) is 83.9 Å². The predicted octanol–water partition coefficient (Wildman–Crippen LogP) is 16.1. The molecule has 5 heteroatoms. The predicted molar refractivity (Wildman–Crippen MR) is 273 cm³/mol. The van der Waals surface area contributed by atoms with Crippen molar-refractivity contribution in [2.24, 2.45) is 0 Å². The molecule has 0 bridgehead atoms. The maximum Gasteiger partial charge on any atom is 0.148 e.